The maximum Gasteiger partial charge on any atom is 0.356 e. The summed E-state index contributed by atoms with van der Waals surface area (Å²) in [6, 6.07) is 20.4. The number of amides is 3. The lowest BCUT2D eigenvalue weighted by Crippen LogP contribution is -2.74. The third-order valence-electron chi connectivity index (χ3n) is 7.44. The number of carbonyl (C=O) groups excluding carboxylic acids is 4. The number of thiazole rings is 1. The lowest BCUT2D eigenvalue weighted by atomic mass is 10.00. The summed E-state index contributed by atoms with van der Waals surface area (Å²) in [7, 11) is -0.532. The minimum absolute atomic E-state index is 0.0792. The van der Waals surface area contributed by atoms with Gasteiger partial charge in [-0.25, -0.2) is 9.78 Å². The van der Waals surface area contributed by atoms with Crippen LogP contribution < -0.4 is 10.6 Å². The topological polar surface area (TPSA) is 182 Å². The van der Waals surface area contributed by atoms with E-state index in [1.807, 2.05) is 60.7 Å². The molecule has 2 unspecified atom stereocenters. The van der Waals surface area contributed by atoms with Gasteiger partial charge in [0.2, 0.25) is 6.41 Å². The Morgan fingerprint density at radius 3 is 2.41 bits per heavy atom. The molecule has 2 N–H and O–H groups in total. The SMILES string of the molecule is CON=C(C(=O)NC1C(=O)N2C(C(=O)OC(c3ccccc3)c3ccccc3)=C(C=Cc3cccnn3)CS(=O)[C@H]12)c1csc(NC=O)n1. The standard InChI is InChI=1S/C33H27N7O7S2/c1-46-39-25(24-17-48-33(36-24)34-19-41)29(42)37-26-30(43)40-27(22(18-49(45)31(26)40)14-15-23-13-8-16-35-38-23)32(44)47-28(20-9-4-2-5-10-20)21-11-6-3-7-12-21/h2-17,19,26,28,31H,18H2,1H3,(H,37,42)(H,34,36,41)/t26?,31-,49?/m1/s1. The lowest BCUT2D eigenvalue weighted by Gasteiger charge is -2.49. The fraction of sp³-hybridized carbons (Fsp3) is 0.152. The molecule has 14 nitrogen and oxygen atoms in total. The minimum Gasteiger partial charge on any atom is -0.448 e. The lowest BCUT2D eigenvalue weighted by molar-refractivity contribution is -0.154. The van der Waals surface area contributed by atoms with Gasteiger partial charge >= 0.3 is 5.97 Å². The molecule has 2 aromatic carbocycles. The zero-order valence-corrected chi connectivity index (χ0v) is 27.3. The Morgan fingerprint density at radius 1 is 1.06 bits per heavy atom. The van der Waals surface area contributed by atoms with E-state index in [2.05, 4.69) is 31.0 Å². The van der Waals surface area contributed by atoms with Crippen molar-refractivity contribution < 1.29 is 33.0 Å². The monoisotopic (exact) mass is 697 g/mol. The number of nitrogens with one attached hydrogen (secondary N) is 2. The first-order valence-electron chi connectivity index (χ1n) is 14.7. The molecule has 248 valence electrons. The summed E-state index contributed by atoms with van der Waals surface area (Å²) in [6.07, 6.45) is 4.28. The average Bonchev–Trinajstić information content (AvgIpc) is 3.59. The van der Waals surface area contributed by atoms with Crippen LogP contribution in [-0.2, 0) is 39.6 Å². The summed E-state index contributed by atoms with van der Waals surface area (Å²) < 4.78 is 19.8. The number of fused-ring (bicyclic) bond motifs is 1. The van der Waals surface area contributed by atoms with Gasteiger partial charge in [-0.3, -0.25) is 23.5 Å². The van der Waals surface area contributed by atoms with E-state index < -0.39 is 46.1 Å². The van der Waals surface area contributed by atoms with Crippen molar-refractivity contribution in [1.82, 2.24) is 25.4 Å². The molecule has 16 heteroatoms. The Hall–Kier alpha value is -5.87. The number of rotatable bonds is 12. The third-order valence-corrected chi connectivity index (χ3v) is 9.83. The van der Waals surface area contributed by atoms with Crippen molar-refractivity contribution in [2.45, 2.75) is 17.5 Å². The van der Waals surface area contributed by atoms with Crippen molar-refractivity contribution >= 4 is 63.2 Å². The van der Waals surface area contributed by atoms with Gasteiger partial charge in [0, 0.05) is 11.6 Å². The second kappa shape index (κ2) is 14.9. The van der Waals surface area contributed by atoms with E-state index in [-0.39, 0.29) is 33.6 Å². The summed E-state index contributed by atoms with van der Waals surface area (Å²) in [6.45, 7) is 0. The van der Waals surface area contributed by atoms with E-state index >= 15 is 0 Å². The third kappa shape index (κ3) is 7.05. The molecule has 0 saturated carbocycles. The van der Waals surface area contributed by atoms with Crippen molar-refractivity contribution in [3.05, 3.63) is 124 Å². The first kappa shape index (κ1) is 33.0. The predicted octanol–water partition coefficient (Wildman–Crippen LogP) is 2.57. The Balaban J connectivity index is 1.32. The molecule has 0 bridgehead atoms. The van der Waals surface area contributed by atoms with Crippen LogP contribution in [-0.4, -0.2) is 78.5 Å². The van der Waals surface area contributed by atoms with Crippen LogP contribution in [0.2, 0.25) is 0 Å². The largest absolute Gasteiger partial charge is 0.448 e. The maximum atomic E-state index is 14.2. The highest BCUT2D eigenvalue weighted by Crippen LogP contribution is 2.38. The number of hydrogen-bond donors (Lipinski definition) is 2. The quantitative estimate of drug-likeness (QED) is 0.0734. The van der Waals surface area contributed by atoms with Gasteiger partial charge in [0.25, 0.3) is 11.8 Å². The van der Waals surface area contributed by atoms with E-state index in [4.69, 9.17) is 9.57 Å². The van der Waals surface area contributed by atoms with Gasteiger partial charge in [0.15, 0.2) is 16.9 Å². The van der Waals surface area contributed by atoms with Gasteiger partial charge in [-0.1, -0.05) is 71.9 Å². The molecular formula is C33H27N7O7S2. The molecule has 1 saturated heterocycles. The second-order valence-corrected chi connectivity index (χ2v) is 12.9. The van der Waals surface area contributed by atoms with Crippen molar-refractivity contribution in [3.8, 4) is 0 Å². The van der Waals surface area contributed by atoms with E-state index in [1.165, 1.54) is 18.7 Å². The van der Waals surface area contributed by atoms with E-state index in [0.717, 1.165) is 16.2 Å². The molecule has 1 fully saturated rings. The number of oxime groups is 1. The number of β-lactam (4-membered cyclic amide) rings is 1. The van der Waals surface area contributed by atoms with Crippen LogP contribution in [0, 0.1) is 0 Å². The van der Waals surface area contributed by atoms with Crippen LogP contribution in [0.1, 0.15) is 28.6 Å². The first-order chi connectivity index (χ1) is 23.9. The number of nitrogens with zero attached hydrogens (tertiary/aromatic N) is 5. The zero-order chi connectivity index (χ0) is 34.3. The molecule has 2 aliphatic rings. The highest BCUT2D eigenvalue weighted by Gasteiger charge is 2.57. The summed E-state index contributed by atoms with van der Waals surface area (Å²) in [4.78, 5) is 62.3. The van der Waals surface area contributed by atoms with E-state index in [9.17, 15) is 23.4 Å². The van der Waals surface area contributed by atoms with Gasteiger partial charge < -0.3 is 20.2 Å². The van der Waals surface area contributed by atoms with Crippen molar-refractivity contribution in [1.29, 1.82) is 0 Å². The molecule has 2 aromatic heterocycles. The number of allylic oxidation sites excluding steroid dienone is 1. The maximum absolute atomic E-state index is 14.2. The van der Waals surface area contributed by atoms with Crippen molar-refractivity contribution in [3.63, 3.8) is 0 Å². The van der Waals surface area contributed by atoms with Crippen molar-refractivity contribution in [2.75, 3.05) is 18.2 Å². The summed E-state index contributed by atoms with van der Waals surface area (Å²) in [5, 5.41) is 17.2. The Morgan fingerprint density at radius 2 is 1.78 bits per heavy atom. The molecule has 0 spiro atoms. The normalized spacial score (nSPS) is 18.9. The number of esters is 1. The van der Waals surface area contributed by atoms with Crippen LogP contribution in [0.4, 0.5) is 5.13 Å². The molecule has 49 heavy (non-hydrogen) atoms. The van der Waals surface area contributed by atoms with Crippen LogP contribution in [0.15, 0.2) is 107 Å². The molecule has 0 aliphatic carbocycles. The number of hydrogen-bond acceptors (Lipinski definition) is 12. The number of benzene rings is 2. The molecule has 4 aromatic rings. The molecule has 6 rings (SSSR count). The summed E-state index contributed by atoms with van der Waals surface area (Å²) in [5.41, 5.74) is 1.86. The van der Waals surface area contributed by atoms with E-state index in [1.54, 1.807) is 24.3 Å². The number of aromatic nitrogens is 3. The fourth-order valence-electron chi connectivity index (χ4n) is 5.26. The number of ether oxygens (including phenoxy) is 1. The molecule has 4 heterocycles. The summed E-state index contributed by atoms with van der Waals surface area (Å²) in [5.74, 6) is -2.47. The molecule has 0 radical (unpaired) electrons. The Kier molecular flexibility index (Phi) is 10.1. The molecule has 3 amide bonds. The van der Waals surface area contributed by atoms with Gasteiger partial charge in [-0.05, 0) is 34.9 Å². The van der Waals surface area contributed by atoms with Gasteiger partial charge in [0.05, 0.1) is 22.2 Å². The highest BCUT2D eigenvalue weighted by molar-refractivity contribution is 7.86. The zero-order valence-electron chi connectivity index (χ0n) is 25.7. The van der Waals surface area contributed by atoms with Crippen molar-refractivity contribution in [2.24, 2.45) is 5.16 Å². The number of anilines is 1. The molecular weight excluding hydrogens is 671 g/mol. The summed E-state index contributed by atoms with van der Waals surface area (Å²) >= 11 is 1.05. The Bertz CT molecular complexity index is 1950. The number of carbonyl (C=O) groups is 4. The van der Waals surface area contributed by atoms with Crippen LogP contribution in [0.5, 0.6) is 0 Å². The van der Waals surface area contributed by atoms with Crippen LogP contribution >= 0.6 is 11.3 Å². The smallest absolute Gasteiger partial charge is 0.356 e. The van der Waals surface area contributed by atoms with Crippen LogP contribution in [0.25, 0.3) is 6.08 Å². The first-order valence-corrected chi connectivity index (χ1v) is 16.9. The second-order valence-electron chi connectivity index (χ2n) is 10.5. The van der Waals surface area contributed by atoms with Gasteiger partial charge in [-0.2, -0.15) is 10.2 Å². The minimum atomic E-state index is -1.76. The van der Waals surface area contributed by atoms with Gasteiger partial charge in [0.1, 0.15) is 29.9 Å². The van der Waals surface area contributed by atoms with Crippen LogP contribution in [0.3, 0.4) is 0 Å². The highest BCUT2D eigenvalue weighted by atomic mass is 32.2. The Labute approximate surface area is 286 Å². The average molecular weight is 698 g/mol. The van der Waals surface area contributed by atoms with E-state index in [0.29, 0.717) is 23.2 Å². The molecule has 3 atom stereocenters. The predicted molar refractivity (Wildman–Crippen MR) is 180 cm³/mol. The molecule has 2 aliphatic heterocycles. The fourth-order valence-corrected chi connectivity index (χ4v) is 7.56. The van der Waals surface area contributed by atoms with Gasteiger partial charge in [-0.15, -0.1) is 11.3 Å².